The molecular formula is C26H30ClN2O4+. The van der Waals surface area contributed by atoms with Crippen LogP contribution in [-0.2, 0) is 14.3 Å². The highest BCUT2D eigenvalue weighted by molar-refractivity contribution is 6.46. The van der Waals surface area contributed by atoms with Gasteiger partial charge in [0.2, 0.25) is 0 Å². The van der Waals surface area contributed by atoms with Crippen LogP contribution >= 0.6 is 11.6 Å². The highest BCUT2D eigenvalue weighted by Crippen LogP contribution is 2.39. The molecule has 6 nitrogen and oxygen atoms in total. The van der Waals surface area contributed by atoms with Crippen LogP contribution in [0.1, 0.15) is 42.5 Å². The van der Waals surface area contributed by atoms with E-state index in [0.717, 1.165) is 25.2 Å². The highest BCUT2D eigenvalue weighted by Gasteiger charge is 2.46. The van der Waals surface area contributed by atoms with Crippen molar-refractivity contribution in [1.29, 1.82) is 0 Å². The van der Waals surface area contributed by atoms with E-state index in [9.17, 15) is 14.7 Å². The van der Waals surface area contributed by atoms with E-state index in [4.69, 9.17) is 16.3 Å². The number of amides is 1. The van der Waals surface area contributed by atoms with E-state index in [1.807, 2.05) is 24.3 Å². The van der Waals surface area contributed by atoms with Crippen LogP contribution in [0.5, 0.6) is 0 Å². The summed E-state index contributed by atoms with van der Waals surface area (Å²) in [6, 6.07) is 13.9. The summed E-state index contributed by atoms with van der Waals surface area (Å²) in [5.41, 5.74) is 2.56. The van der Waals surface area contributed by atoms with Gasteiger partial charge in [-0.05, 0) is 41.3 Å². The third kappa shape index (κ3) is 4.98. The second-order valence-corrected chi connectivity index (χ2v) is 9.37. The van der Waals surface area contributed by atoms with Gasteiger partial charge in [0.1, 0.15) is 18.8 Å². The summed E-state index contributed by atoms with van der Waals surface area (Å²) in [6.07, 6.45) is 0. The van der Waals surface area contributed by atoms with Crippen molar-refractivity contribution in [1.82, 2.24) is 4.90 Å². The molecule has 2 heterocycles. The number of carbonyl (C=O) groups excluding carboxylic acids is 2. The molecule has 33 heavy (non-hydrogen) atoms. The van der Waals surface area contributed by atoms with Crippen LogP contribution in [0.2, 0.25) is 5.02 Å². The quantitative estimate of drug-likeness (QED) is 0.388. The Bertz CT molecular complexity index is 1040. The molecule has 2 aliphatic rings. The zero-order chi connectivity index (χ0) is 23.5. The Balaban J connectivity index is 1.73. The van der Waals surface area contributed by atoms with E-state index in [0.29, 0.717) is 36.3 Å². The number of aliphatic hydroxyl groups is 1. The first-order valence-corrected chi connectivity index (χ1v) is 11.8. The number of benzene rings is 2. The predicted molar refractivity (Wildman–Crippen MR) is 127 cm³/mol. The van der Waals surface area contributed by atoms with Crippen molar-refractivity contribution in [2.75, 3.05) is 39.4 Å². The number of hydrogen-bond acceptors (Lipinski definition) is 4. The molecular weight excluding hydrogens is 440 g/mol. The first-order valence-electron chi connectivity index (χ1n) is 11.4. The molecule has 4 rings (SSSR count). The molecule has 2 aromatic rings. The minimum absolute atomic E-state index is 0.122. The first kappa shape index (κ1) is 23.5. The largest absolute Gasteiger partial charge is 0.507 e. The van der Waals surface area contributed by atoms with Crippen LogP contribution in [0.4, 0.5) is 0 Å². The Morgan fingerprint density at radius 3 is 2.33 bits per heavy atom. The summed E-state index contributed by atoms with van der Waals surface area (Å²) in [6.45, 7) is 8.53. The van der Waals surface area contributed by atoms with Crippen LogP contribution in [0, 0.1) is 0 Å². The van der Waals surface area contributed by atoms with E-state index >= 15 is 0 Å². The lowest BCUT2D eigenvalue weighted by Gasteiger charge is -2.29. The molecule has 1 atom stereocenters. The maximum absolute atomic E-state index is 13.1. The zero-order valence-corrected chi connectivity index (χ0v) is 19.8. The molecule has 2 aliphatic heterocycles. The van der Waals surface area contributed by atoms with E-state index in [1.165, 1.54) is 10.5 Å². The van der Waals surface area contributed by atoms with Crippen molar-refractivity contribution in [2.24, 2.45) is 0 Å². The fourth-order valence-electron chi connectivity index (χ4n) is 4.47. The lowest BCUT2D eigenvalue weighted by Crippen LogP contribution is -3.14. The minimum Gasteiger partial charge on any atom is -0.507 e. The van der Waals surface area contributed by atoms with Gasteiger partial charge < -0.3 is 19.6 Å². The molecule has 0 spiro atoms. The number of nitrogens with zero attached hydrogens (tertiary/aromatic N) is 1. The number of likely N-dealkylation sites (tertiary alicyclic amines) is 1. The topological polar surface area (TPSA) is 71.3 Å². The van der Waals surface area contributed by atoms with Crippen LogP contribution in [0.25, 0.3) is 5.76 Å². The number of ketones is 1. The molecule has 0 unspecified atom stereocenters. The normalized spacial score (nSPS) is 21.2. The lowest BCUT2D eigenvalue weighted by atomic mass is 9.93. The minimum atomic E-state index is -0.655. The molecule has 2 fully saturated rings. The SMILES string of the molecule is CC(C)c1ccc([C@@H]2C(=C(O)c3ccc(Cl)cc3)C(=O)C(=O)N2CC[NH+]2CCOCC2)cc1. The van der Waals surface area contributed by atoms with Crippen LogP contribution in [0.15, 0.2) is 54.1 Å². The van der Waals surface area contributed by atoms with Crippen molar-refractivity contribution in [3.63, 3.8) is 0 Å². The molecule has 1 amide bonds. The number of Topliss-reactive ketones (excluding diaryl/α,β-unsaturated/α-hetero) is 1. The molecule has 2 N–H and O–H groups in total. The van der Waals surface area contributed by atoms with E-state index in [-0.39, 0.29) is 11.3 Å². The number of halogens is 1. The average Bonchev–Trinajstić information content (AvgIpc) is 3.08. The van der Waals surface area contributed by atoms with Gasteiger partial charge >= 0.3 is 0 Å². The standard InChI is InChI=1S/C26H29ClN2O4/c1-17(2)18-3-5-19(6-4-18)23-22(24(30)20-7-9-21(27)10-8-20)25(31)26(32)29(23)12-11-28-13-15-33-16-14-28/h3-10,17,23,30H,11-16H2,1-2H3/p+1/t23-/m1/s1. The average molecular weight is 470 g/mol. The Morgan fingerprint density at radius 2 is 1.73 bits per heavy atom. The van der Waals surface area contributed by atoms with Crippen molar-refractivity contribution in [3.8, 4) is 0 Å². The first-order chi connectivity index (χ1) is 15.9. The van der Waals surface area contributed by atoms with Crippen molar-refractivity contribution in [3.05, 3.63) is 75.8 Å². The number of rotatable bonds is 6. The van der Waals surface area contributed by atoms with Crippen LogP contribution in [-0.4, -0.2) is 61.1 Å². The second-order valence-electron chi connectivity index (χ2n) is 8.93. The number of ether oxygens (including phenoxy) is 1. The second kappa shape index (κ2) is 10.1. The maximum atomic E-state index is 13.1. The Morgan fingerprint density at radius 1 is 1.09 bits per heavy atom. The fraction of sp³-hybridized carbons (Fsp3) is 0.385. The Kier molecular flexibility index (Phi) is 7.17. The van der Waals surface area contributed by atoms with Crippen LogP contribution < -0.4 is 4.90 Å². The number of nitrogens with one attached hydrogen (secondary N) is 1. The van der Waals surface area contributed by atoms with Crippen molar-refractivity contribution >= 4 is 29.1 Å². The Hall–Kier alpha value is -2.67. The van der Waals surface area contributed by atoms with Gasteiger partial charge in [-0.15, -0.1) is 0 Å². The fourth-order valence-corrected chi connectivity index (χ4v) is 4.60. The Labute approximate surface area is 199 Å². The lowest BCUT2D eigenvalue weighted by molar-refractivity contribution is -0.907. The van der Waals surface area contributed by atoms with Gasteiger partial charge in [0, 0.05) is 10.6 Å². The molecule has 2 aromatic carbocycles. The van der Waals surface area contributed by atoms with Gasteiger partial charge in [-0.1, -0.05) is 49.7 Å². The summed E-state index contributed by atoms with van der Waals surface area (Å²) in [4.78, 5) is 29.2. The number of quaternary nitrogens is 1. The van der Waals surface area contributed by atoms with E-state index in [2.05, 4.69) is 13.8 Å². The van der Waals surface area contributed by atoms with Gasteiger partial charge in [0.05, 0.1) is 37.9 Å². The number of hydrogen-bond donors (Lipinski definition) is 2. The number of morpholine rings is 1. The molecule has 7 heteroatoms. The van der Waals surface area contributed by atoms with Gasteiger partial charge in [-0.2, -0.15) is 0 Å². The number of carbonyl (C=O) groups is 2. The molecule has 0 saturated carbocycles. The highest BCUT2D eigenvalue weighted by atomic mass is 35.5. The predicted octanol–water partition coefficient (Wildman–Crippen LogP) is 2.80. The van der Waals surface area contributed by atoms with Crippen molar-refractivity contribution < 1.29 is 24.3 Å². The van der Waals surface area contributed by atoms with Crippen molar-refractivity contribution in [2.45, 2.75) is 25.8 Å². The zero-order valence-electron chi connectivity index (χ0n) is 19.0. The van der Waals surface area contributed by atoms with Gasteiger partial charge in [0.25, 0.3) is 11.7 Å². The third-order valence-electron chi connectivity index (χ3n) is 6.48. The molecule has 0 aliphatic carbocycles. The monoisotopic (exact) mass is 469 g/mol. The van der Waals surface area contributed by atoms with Gasteiger partial charge in [-0.3, -0.25) is 9.59 Å². The van der Waals surface area contributed by atoms with E-state index < -0.39 is 17.7 Å². The molecule has 174 valence electrons. The van der Waals surface area contributed by atoms with Gasteiger partial charge in [0.15, 0.2) is 0 Å². The molecule has 2 saturated heterocycles. The number of aliphatic hydroxyl groups excluding tert-OH is 1. The molecule has 0 radical (unpaired) electrons. The molecule has 0 aromatic heterocycles. The summed E-state index contributed by atoms with van der Waals surface area (Å²) in [7, 11) is 0. The maximum Gasteiger partial charge on any atom is 0.295 e. The smallest absolute Gasteiger partial charge is 0.295 e. The van der Waals surface area contributed by atoms with Gasteiger partial charge in [-0.25, -0.2) is 0 Å². The summed E-state index contributed by atoms with van der Waals surface area (Å²) in [5, 5.41) is 11.7. The summed E-state index contributed by atoms with van der Waals surface area (Å²) >= 11 is 5.99. The summed E-state index contributed by atoms with van der Waals surface area (Å²) < 4.78 is 5.43. The molecule has 0 bridgehead atoms. The van der Waals surface area contributed by atoms with Crippen LogP contribution in [0.3, 0.4) is 0 Å². The third-order valence-corrected chi connectivity index (χ3v) is 6.73. The van der Waals surface area contributed by atoms with E-state index in [1.54, 1.807) is 29.2 Å². The summed E-state index contributed by atoms with van der Waals surface area (Å²) in [5.74, 6) is -1.04.